The minimum Gasteiger partial charge on any atom is -0.460 e. The van der Waals surface area contributed by atoms with E-state index in [1.54, 1.807) is 21.9 Å². The lowest BCUT2D eigenvalue weighted by Crippen LogP contribution is -2.06. The van der Waals surface area contributed by atoms with E-state index >= 15 is 0 Å². The lowest BCUT2D eigenvalue weighted by molar-refractivity contribution is 0.500. The third-order valence-corrected chi connectivity index (χ3v) is 4.14. The molecule has 0 aliphatic heterocycles. The first-order valence-corrected chi connectivity index (χ1v) is 7.69. The first-order chi connectivity index (χ1) is 11.1. The van der Waals surface area contributed by atoms with E-state index in [0.29, 0.717) is 11.9 Å². The Morgan fingerprint density at radius 3 is 2.87 bits per heavy atom. The molecule has 3 aromatic rings. The molecule has 118 valence electrons. The third-order valence-electron chi connectivity index (χ3n) is 4.14. The molecule has 7 heteroatoms. The summed E-state index contributed by atoms with van der Waals surface area (Å²) < 4.78 is 9.13. The molecule has 3 aromatic heterocycles. The Labute approximate surface area is 133 Å². The van der Waals surface area contributed by atoms with E-state index in [4.69, 9.17) is 4.42 Å². The summed E-state index contributed by atoms with van der Waals surface area (Å²) in [5.74, 6) is 3.61. The van der Waals surface area contributed by atoms with Crippen LogP contribution in [0.3, 0.4) is 0 Å². The minimum absolute atomic E-state index is 0.550. The molecule has 0 radical (unpaired) electrons. The Morgan fingerprint density at radius 2 is 2.17 bits per heavy atom. The van der Waals surface area contributed by atoms with Crippen LogP contribution in [0.25, 0.3) is 5.95 Å². The van der Waals surface area contributed by atoms with E-state index in [1.807, 2.05) is 32.0 Å². The van der Waals surface area contributed by atoms with Gasteiger partial charge < -0.3 is 4.42 Å². The van der Waals surface area contributed by atoms with Crippen molar-refractivity contribution in [1.82, 2.24) is 24.7 Å². The third kappa shape index (κ3) is 2.58. The zero-order valence-electron chi connectivity index (χ0n) is 13.3. The molecule has 3 heterocycles. The Hall–Kier alpha value is -2.70. The van der Waals surface area contributed by atoms with Crippen LogP contribution in [0.1, 0.15) is 42.2 Å². The maximum atomic E-state index is 5.82. The van der Waals surface area contributed by atoms with Crippen molar-refractivity contribution >= 4 is 6.21 Å². The molecular weight excluding hydrogens is 292 g/mol. The Balaban J connectivity index is 1.59. The summed E-state index contributed by atoms with van der Waals surface area (Å²) in [7, 11) is 0. The van der Waals surface area contributed by atoms with E-state index in [1.165, 1.54) is 6.42 Å². The summed E-state index contributed by atoms with van der Waals surface area (Å²) in [6, 6.07) is 5.96. The predicted octanol–water partition coefficient (Wildman–Crippen LogP) is 2.68. The molecule has 2 atom stereocenters. The average Bonchev–Trinajstić information content (AvgIpc) is 2.91. The van der Waals surface area contributed by atoms with E-state index in [2.05, 4.69) is 27.3 Å². The van der Waals surface area contributed by atoms with Gasteiger partial charge in [-0.25, -0.2) is 4.68 Å². The molecule has 0 spiro atoms. The summed E-state index contributed by atoms with van der Waals surface area (Å²) in [6.45, 7) is 6.15. The number of furan rings is 1. The summed E-state index contributed by atoms with van der Waals surface area (Å²) in [5.41, 5.74) is 1.91. The van der Waals surface area contributed by atoms with Crippen LogP contribution in [-0.2, 0) is 0 Å². The molecule has 23 heavy (non-hydrogen) atoms. The van der Waals surface area contributed by atoms with Gasteiger partial charge in [-0.05, 0) is 44.4 Å². The van der Waals surface area contributed by atoms with Gasteiger partial charge in [0.15, 0.2) is 0 Å². The second-order valence-electron chi connectivity index (χ2n) is 6.12. The van der Waals surface area contributed by atoms with Gasteiger partial charge in [0.05, 0.1) is 11.9 Å². The van der Waals surface area contributed by atoms with Gasteiger partial charge in [-0.1, -0.05) is 6.92 Å². The molecule has 1 fully saturated rings. The minimum atomic E-state index is 0.550. The van der Waals surface area contributed by atoms with E-state index in [0.717, 1.165) is 28.8 Å². The molecule has 0 amide bonds. The highest BCUT2D eigenvalue weighted by atomic mass is 16.3. The number of aromatic nitrogens is 5. The summed E-state index contributed by atoms with van der Waals surface area (Å²) in [6.07, 6.45) is 4.43. The van der Waals surface area contributed by atoms with Crippen LogP contribution in [0.4, 0.5) is 0 Å². The topological polar surface area (TPSA) is 74.0 Å². The van der Waals surface area contributed by atoms with Gasteiger partial charge in [-0.15, -0.1) is 10.2 Å². The lowest BCUT2D eigenvalue weighted by Gasteiger charge is -2.01. The first kappa shape index (κ1) is 13.9. The van der Waals surface area contributed by atoms with Crippen molar-refractivity contribution in [3.05, 3.63) is 47.4 Å². The molecule has 1 aliphatic carbocycles. The highest BCUT2D eigenvalue weighted by molar-refractivity contribution is 5.75. The number of hydrogen-bond donors (Lipinski definition) is 0. The van der Waals surface area contributed by atoms with E-state index in [9.17, 15) is 0 Å². The van der Waals surface area contributed by atoms with Gasteiger partial charge in [0.2, 0.25) is 0 Å². The van der Waals surface area contributed by atoms with Crippen molar-refractivity contribution in [1.29, 1.82) is 0 Å². The summed E-state index contributed by atoms with van der Waals surface area (Å²) in [4.78, 5) is 0. The van der Waals surface area contributed by atoms with Gasteiger partial charge in [0, 0.05) is 11.6 Å². The molecule has 7 nitrogen and oxygen atoms in total. The molecule has 1 aliphatic rings. The fourth-order valence-electron chi connectivity index (χ4n) is 2.75. The number of aryl methyl sites for hydroxylation is 2. The standard InChI is InChI=1S/C16H18N6O/c1-10-6-14(10)15-5-4-13(23-15)8-18-21-9-17-19-16(21)22-12(3)7-11(2)20-22/h4-5,7-10,14H,6H2,1-3H3/b18-8-/t10-,14+/m1/s1. The molecule has 4 rings (SSSR count). The van der Waals surface area contributed by atoms with Crippen LogP contribution in [0.15, 0.2) is 34.0 Å². The van der Waals surface area contributed by atoms with Crippen molar-refractivity contribution < 1.29 is 4.42 Å². The van der Waals surface area contributed by atoms with Gasteiger partial charge >= 0.3 is 0 Å². The molecule has 0 N–H and O–H groups in total. The Morgan fingerprint density at radius 1 is 1.35 bits per heavy atom. The Bertz CT molecular complexity index is 871. The molecule has 0 saturated heterocycles. The van der Waals surface area contributed by atoms with Crippen molar-refractivity contribution in [3.63, 3.8) is 0 Å². The first-order valence-electron chi connectivity index (χ1n) is 7.69. The zero-order chi connectivity index (χ0) is 16.0. The van der Waals surface area contributed by atoms with Gasteiger partial charge in [-0.2, -0.15) is 14.9 Å². The van der Waals surface area contributed by atoms with Crippen LogP contribution >= 0.6 is 0 Å². The normalized spacial score (nSPS) is 20.5. The largest absolute Gasteiger partial charge is 0.460 e. The molecule has 0 unspecified atom stereocenters. The summed E-state index contributed by atoms with van der Waals surface area (Å²) in [5, 5.41) is 16.8. The second kappa shape index (κ2) is 5.19. The van der Waals surface area contributed by atoms with Crippen LogP contribution in [0.2, 0.25) is 0 Å². The van der Waals surface area contributed by atoms with Crippen molar-refractivity contribution in [2.45, 2.75) is 33.1 Å². The predicted molar refractivity (Wildman–Crippen MR) is 84.8 cm³/mol. The van der Waals surface area contributed by atoms with Crippen LogP contribution < -0.4 is 0 Å². The monoisotopic (exact) mass is 310 g/mol. The highest BCUT2D eigenvalue weighted by Crippen LogP contribution is 2.47. The smallest absolute Gasteiger partial charge is 0.273 e. The maximum absolute atomic E-state index is 5.82. The summed E-state index contributed by atoms with van der Waals surface area (Å²) >= 11 is 0. The number of hydrogen-bond acceptors (Lipinski definition) is 5. The van der Waals surface area contributed by atoms with E-state index in [-0.39, 0.29) is 0 Å². The molecule has 0 bridgehead atoms. The number of nitrogens with zero attached hydrogens (tertiary/aromatic N) is 6. The van der Waals surface area contributed by atoms with Gasteiger partial charge in [-0.3, -0.25) is 0 Å². The van der Waals surface area contributed by atoms with Gasteiger partial charge in [0.25, 0.3) is 5.95 Å². The van der Waals surface area contributed by atoms with E-state index < -0.39 is 0 Å². The van der Waals surface area contributed by atoms with Crippen molar-refractivity contribution in [2.75, 3.05) is 0 Å². The second-order valence-corrected chi connectivity index (χ2v) is 6.12. The van der Waals surface area contributed by atoms with Gasteiger partial charge in [0.1, 0.15) is 17.8 Å². The molecule has 1 saturated carbocycles. The zero-order valence-corrected chi connectivity index (χ0v) is 13.3. The fraction of sp³-hybridized carbons (Fsp3) is 0.375. The lowest BCUT2D eigenvalue weighted by atomic mass is 10.3. The van der Waals surface area contributed by atoms with Crippen LogP contribution in [-0.4, -0.2) is 30.9 Å². The fourth-order valence-corrected chi connectivity index (χ4v) is 2.75. The molecule has 0 aromatic carbocycles. The highest BCUT2D eigenvalue weighted by Gasteiger charge is 2.36. The quantitative estimate of drug-likeness (QED) is 0.694. The van der Waals surface area contributed by atoms with Crippen LogP contribution in [0, 0.1) is 19.8 Å². The maximum Gasteiger partial charge on any atom is 0.273 e. The average molecular weight is 310 g/mol. The van der Waals surface area contributed by atoms with Crippen LogP contribution in [0.5, 0.6) is 0 Å². The van der Waals surface area contributed by atoms with Crippen molar-refractivity contribution in [2.24, 2.45) is 11.0 Å². The SMILES string of the molecule is Cc1cc(C)n(-c2nncn2/N=C\c2ccc([C@H]3C[C@H]3C)o2)n1. The van der Waals surface area contributed by atoms with Crippen molar-refractivity contribution in [3.8, 4) is 5.95 Å². The molecular formula is C16H18N6O. The number of rotatable bonds is 4. The Kier molecular flexibility index (Phi) is 3.14.